The minimum Gasteiger partial charge on any atom is -0.496 e. The number of nitrogens with two attached hydrogens (primary N) is 1. The van der Waals surface area contributed by atoms with E-state index in [1.807, 2.05) is 23.1 Å². The molecule has 2 fully saturated rings. The van der Waals surface area contributed by atoms with E-state index in [2.05, 4.69) is 11.0 Å². The highest BCUT2D eigenvalue weighted by Crippen LogP contribution is 2.26. The van der Waals surface area contributed by atoms with Gasteiger partial charge in [0.2, 0.25) is 5.91 Å². The largest absolute Gasteiger partial charge is 0.496 e. The van der Waals surface area contributed by atoms with Crippen molar-refractivity contribution in [3.8, 4) is 5.75 Å². The van der Waals surface area contributed by atoms with Crippen molar-refractivity contribution in [2.24, 2.45) is 11.7 Å². The number of hydrogen-bond acceptors (Lipinski definition) is 4. The Morgan fingerprint density at radius 1 is 1.21 bits per heavy atom. The molecule has 3 rings (SSSR count). The van der Waals surface area contributed by atoms with Crippen LogP contribution in [0.2, 0.25) is 0 Å². The molecule has 0 spiro atoms. The smallest absolute Gasteiger partial charge is 0.225 e. The van der Waals surface area contributed by atoms with E-state index in [-0.39, 0.29) is 12.0 Å². The number of para-hydroxylation sites is 1. The van der Waals surface area contributed by atoms with Crippen LogP contribution in [-0.2, 0) is 11.3 Å². The maximum atomic E-state index is 12.7. The van der Waals surface area contributed by atoms with Crippen LogP contribution >= 0.6 is 0 Å². The van der Waals surface area contributed by atoms with Crippen molar-refractivity contribution >= 4 is 5.91 Å². The molecule has 0 radical (unpaired) electrons. The van der Waals surface area contributed by atoms with Crippen LogP contribution in [-0.4, -0.2) is 55.0 Å². The van der Waals surface area contributed by atoms with E-state index in [1.54, 1.807) is 7.11 Å². The van der Waals surface area contributed by atoms with Crippen LogP contribution in [0.15, 0.2) is 24.3 Å². The molecule has 2 aliphatic rings. The quantitative estimate of drug-likeness (QED) is 0.915. The molecule has 1 aliphatic heterocycles. The van der Waals surface area contributed by atoms with Crippen molar-refractivity contribution in [3.05, 3.63) is 29.8 Å². The van der Waals surface area contributed by atoms with E-state index in [4.69, 9.17) is 10.5 Å². The van der Waals surface area contributed by atoms with E-state index < -0.39 is 0 Å². The molecule has 2 N–H and O–H groups in total. The number of amides is 1. The number of ether oxygens (including phenoxy) is 1. The molecule has 132 valence electrons. The van der Waals surface area contributed by atoms with E-state index >= 15 is 0 Å². The van der Waals surface area contributed by atoms with Gasteiger partial charge in [0.15, 0.2) is 0 Å². The zero-order valence-electron chi connectivity index (χ0n) is 14.6. The zero-order chi connectivity index (χ0) is 16.9. The molecule has 0 aromatic heterocycles. The normalized spacial score (nSPS) is 25.5. The van der Waals surface area contributed by atoms with Gasteiger partial charge in [0, 0.05) is 50.2 Å². The average molecular weight is 331 g/mol. The first-order valence-corrected chi connectivity index (χ1v) is 9.06. The lowest BCUT2D eigenvalue weighted by Gasteiger charge is -2.38. The van der Waals surface area contributed by atoms with Crippen LogP contribution in [0.4, 0.5) is 0 Å². The lowest BCUT2D eigenvalue weighted by molar-refractivity contribution is -0.138. The molecule has 2 unspecified atom stereocenters. The first-order chi connectivity index (χ1) is 11.7. The predicted molar refractivity (Wildman–Crippen MR) is 94.8 cm³/mol. The van der Waals surface area contributed by atoms with Crippen LogP contribution in [0, 0.1) is 5.92 Å². The zero-order valence-corrected chi connectivity index (χ0v) is 14.6. The number of rotatable bonds is 4. The fraction of sp³-hybridized carbons (Fsp3) is 0.632. The summed E-state index contributed by atoms with van der Waals surface area (Å²) in [6.45, 7) is 4.35. The van der Waals surface area contributed by atoms with Gasteiger partial charge in [-0.15, -0.1) is 0 Å². The van der Waals surface area contributed by atoms with Gasteiger partial charge in [0.05, 0.1) is 7.11 Å². The molecule has 24 heavy (non-hydrogen) atoms. The van der Waals surface area contributed by atoms with Gasteiger partial charge < -0.3 is 15.4 Å². The van der Waals surface area contributed by atoms with Crippen molar-refractivity contribution in [2.45, 2.75) is 38.3 Å². The standard InChI is InChI=1S/C19H29N3O2/c1-24-18-8-3-2-5-16(18)14-21-9-11-22(12-10-21)19(23)15-6-4-7-17(20)13-15/h2-3,5,8,15,17H,4,6-7,9-14,20H2,1H3. The lowest BCUT2D eigenvalue weighted by atomic mass is 9.85. The summed E-state index contributed by atoms with van der Waals surface area (Å²) in [6.07, 6.45) is 4.02. The molecule has 0 bridgehead atoms. The van der Waals surface area contributed by atoms with E-state index in [9.17, 15) is 4.79 Å². The third-order valence-electron chi connectivity index (χ3n) is 5.33. The van der Waals surface area contributed by atoms with Gasteiger partial charge in [-0.25, -0.2) is 0 Å². The molecule has 5 nitrogen and oxygen atoms in total. The highest BCUT2D eigenvalue weighted by Gasteiger charge is 2.30. The molecule has 1 aromatic rings. The minimum absolute atomic E-state index is 0.148. The van der Waals surface area contributed by atoms with Crippen molar-refractivity contribution in [1.29, 1.82) is 0 Å². The summed E-state index contributed by atoms with van der Waals surface area (Å²) in [5, 5.41) is 0. The Balaban J connectivity index is 1.51. The fourth-order valence-corrected chi connectivity index (χ4v) is 3.91. The topological polar surface area (TPSA) is 58.8 Å². The van der Waals surface area contributed by atoms with Crippen LogP contribution in [0.1, 0.15) is 31.2 Å². The maximum absolute atomic E-state index is 12.7. The Morgan fingerprint density at radius 2 is 1.96 bits per heavy atom. The molecule has 1 aromatic carbocycles. The average Bonchev–Trinajstić information content (AvgIpc) is 2.62. The SMILES string of the molecule is COc1ccccc1CN1CCN(C(=O)C2CCCC(N)C2)CC1. The number of carbonyl (C=O) groups excluding carboxylic acids is 1. The summed E-state index contributed by atoms with van der Waals surface area (Å²) in [5.74, 6) is 1.41. The van der Waals surface area contributed by atoms with E-state index in [0.717, 1.165) is 64.2 Å². The lowest BCUT2D eigenvalue weighted by Crippen LogP contribution is -2.51. The number of carbonyl (C=O) groups is 1. The molecule has 1 heterocycles. The minimum atomic E-state index is 0.148. The Bertz CT molecular complexity index is 555. The van der Waals surface area contributed by atoms with Crippen molar-refractivity contribution < 1.29 is 9.53 Å². The number of methoxy groups -OCH3 is 1. The summed E-state index contributed by atoms with van der Waals surface area (Å²) < 4.78 is 5.43. The van der Waals surface area contributed by atoms with Crippen molar-refractivity contribution in [1.82, 2.24) is 9.80 Å². The summed E-state index contributed by atoms with van der Waals surface area (Å²) >= 11 is 0. The van der Waals surface area contributed by atoms with Crippen molar-refractivity contribution in [3.63, 3.8) is 0 Å². The van der Waals surface area contributed by atoms with Gasteiger partial charge in [-0.3, -0.25) is 9.69 Å². The second-order valence-electron chi connectivity index (χ2n) is 7.04. The van der Waals surface area contributed by atoms with Gasteiger partial charge >= 0.3 is 0 Å². The molecule has 1 amide bonds. The molecular formula is C19H29N3O2. The number of piperazine rings is 1. The Kier molecular flexibility index (Phi) is 5.74. The summed E-state index contributed by atoms with van der Waals surface area (Å²) in [4.78, 5) is 17.1. The third-order valence-corrected chi connectivity index (χ3v) is 5.33. The second-order valence-corrected chi connectivity index (χ2v) is 7.04. The molecular weight excluding hydrogens is 302 g/mol. The van der Waals surface area contributed by atoms with Crippen LogP contribution in [0.5, 0.6) is 5.75 Å². The Hall–Kier alpha value is -1.59. The summed E-state index contributed by atoms with van der Waals surface area (Å²) in [5.41, 5.74) is 7.24. The van der Waals surface area contributed by atoms with Gasteiger partial charge in [-0.2, -0.15) is 0 Å². The summed E-state index contributed by atoms with van der Waals surface area (Å²) in [7, 11) is 1.71. The van der Waals surface area contributed by atoms with Gasteiger partial charge in [-0.1, -0.05) is 24.6 Å². The number of benzene rings is 1. The van der Waals surface area contributed by atoms with E-state index in [0.29, 0.717) is 5.91 Å². The predicted octanol–water partition coefficient (Wildman–Crippen LogP) is 1.86. The van der Waals surface area contributed by atoms with Crippen LogP contribution in [0.3, 0.4) is 0 Å². The Labute approximate surface area is 144 Å². The number of nitrogens with zero attached hydrogens (tertiary/aromatic N) is 2. The first-order valence-electron chi connectivity index (χ1n) is 9.06. The van der Waals surface area contributed by atoms with E-state index in [1.165, 1.54) is 5.56 Å². The summed E-state index contributed by atoms with van der Waals surface area (Å²) in [6, 6.07) is 8.36. The molecule has 1 saturated carbocycles. The Morgan fingerprint density at radius 3 is 2.67 bits per heavy atom. The molecule has 2 atom stereocenters. The highest BCUT2D eigenvalue weighted by molar-refractivity contribution is 5.79. The highest BCUT2D eigenvalue weighted by atomic mass is 16.5. The fourth-order valence-electron chi connectivity index (χ4n) is 3.91. The number of hydrogen-bond donors (Lipinski definition) is 1. The van der Waals surface area contributed by atoms with Crippen LogP contribution < -0.4 is 10.5 Å². The molecule has 5 heteroatoms. The van der Waals surface area contributed by atoms with Crippen LogP contribution in [0.25, 0.3) is 0 Å². The monoisotopic (exact) mass is 331 g/mol. The third kappa shape index (κ3) is 4.08. The second kappa shape index (κ2) is 7.99. The maximum Gasteiger partial charge on any atom is 0.225 e. The van der Waals surface area contributed by atoms with Gasteiger partial charge in [0.25, 0.3) is 0 Å². The molecule has 1 aliphatic carbocycles. The van der Waals surface area contributed by atoms with Crippen molar-refractivity contribution in [2.75, 3.05) is 33.3 Å². The van der Waals surface area contributed by atoms with Gasteiger partial charge in [-0.05, 0) is 25.3 Å². The first kappa shape index (κ1) is 17.2. The molecule has 1 saturated heterocycles. The van der Waals surface area contributed by atoms with Gasteiger partial charge in [0.1, 0.15) is 5.75 Å².